The van der Waals surface area contributed by atoms with Crippen LogP contribution in [0.3, 0.4) is 0 Å². The fraction of sp³-hybridized carbons (Fsp3) is 0.200. The van der Waals surface area contributed by atoms with Gasteiger partial charge in [0.15, 0.2) is 0 Å². The van der Waals surface area contributed by atoms with E-state index in [0.717, 1.165) is 6.42 Å². The normalized spacial score (nSPS) is 11.3. The van der Waals surface area contributed by atoms with E-state index in [9.17, 15) is 8.42 Å². The minimum Gasteiger partial charge on any atom is -0.399 e. The van der Waals surface area contributed by atoms with Crippen LogP contribution >= 0.6 is 0 Å². The van der Waals surface area contributed by atoms with Crippen LogP contribution in [0.15, 0.2) is 47.4 Å². The average Bonchev–Trinajstić information content (AvgIpc) is 2.44. The molecule has 6 heteroatoms. The summed E-state index contributed by atoms with van der Waals surface area (Å²) < 4.78 is 22.8. The smallest absolute Gasteiger partial charge is 0.238 e. The summed E-state index contributed by atoms with van der Waals surface area (Å²) in [5.41, 5.74) is 9.12. The summed E-state index contributed by atoms with van der Waals surface area (Å²) in [5.74, 6) is 0. The number of rotatable bonds is 5. The van der Waals surface area contributed by atoms with Gasteiger partial charge in [-0.1, -0.05) is 31.2 Å². The SMILES string of the molecule is CCc1ccccc1CNc1cc(N)cc(S(N)(=O)=O)c1. The Morgan fingerprint density at radius 1 is 1.10 bits per heavy atom. The predicted molar refractivity (Wildman–Crippen MR) is 85.4 cm³/mol. The predicted octanol–water partition coefficient (Wildman–Crippen LogP) is 2.09. The summed E-state index contributed by atoms with van der Waals surface area (Å²) in [4.78, 5) is 0.00813. The van der Waals surface area contributed by atoms with Crippen LogP contribution in [0.5, 0.6) is 0 Å². The largest absolute Gasteiger partial charge is 0.399 e. The van der Waals surface area contributed by atoms with Crippen LogP contribution in [0.4, 0.5) is 11.4 Å². The molecular weight excluding hydrogens is 286 g/mol. The zero-order chi connectivity index (χ0) is 15.5. The first-order chi connectivity index (χ1) is 9.90. The maximum absolute atomic E-state index is 11.4. The lowest BCUT2D eigenvalue weighted by Crippen LogP contribution is -2.13. The molecule has 0 radical (unpaired) electrons. The van der Waals surface area contributed by atoms with E-state index in [1.54, 1.807) is 6.07 Å². The van der Waals surface area contributed by atoms with Crippen LogP contribution < -0.4 is 16.2 Å². The number of hydrogen-bond donors (Lipinski definition) is 3. The zero-order valence-electron chi connectivity index (χ0n) is 11.8. The van der Waals surface area contributed by atoms with Crippen LogP contribution in [0.1, 0.15) is 18.1 Å². The molecule has 0 aliphatic heterocycles. The van der Waals surface area contributed by atoms with Gasteiger partial charge in [-0.2, -0.15) is 0 Å². The molecule has 2 rings (SSSR count). The lowest BCUT2D eigenvalue weighted by Gasteiger charge is -2.12. The van der Waals surface area contributed by atoms with Crippen molar-refractivity contribution >= 4 is 21.4 Å². The van der Waals surface area contributed by atoms with Crippen molar-refractivity contribution in [2.24, 2.45) is 5.14 Å². The Balaban J connectivity index is 2.22. The van der Waals surface area contributed by atoms with E-state index in [-0.39, 0.29) is 4.90 Å². The van der Waals surface area contributed by atoms with Gasteiger partial charge in [-0.3, -0.25) is 0 Å². The Labute approximate surface area is 125 Å². The van der Waals surface area contributed by atoms with Crippen molar-refractivity contribution < 1.29 is 8.42 Å². The first-order valence-corrected chi connectivity index (χ1v) is 8.19. The second-order valence-corrected chi connectivity index (χ2v) is 6.37. The van der Waals surface area contributed by atoms with Crippen LogP contribution in [-0.4, -0.2) is 8.42 Å². The highest BCUT2D eigenvalue weighted by Gasteiger charge is 2.10. The molecule has 0 saturated heterocycles. The highest BCUT2D eigenvalue weighted by molar-refractivity contribution is 7.89. The van der Waals surface area contributed by atoms with Crippen LogP contribution in [0.25, 0.3) is 0 Å². The second-order valence-electron chi connectivity index (χ2n) is 4.81. The van der Waals surface area contributed by atoms with Crippen molar-refractivity contribution in [1.29, 1.82) is 0 Å². The molecule has 5 N–H and O–H groups in total. The molecule has 0 aromatic heterocycles. The van der Waals surface area contributed by atoms with Gasteiger partial charge in [0.2, 0.25) is 10.0 Å². The van der Waals surface area contributed by atoms with Crippen molar-refractivity contribution in [2.75, 3.05) is 11.1 Å². The van der Waals surface area contributed by atoms with Crippen LogP contribution in [-0.2, 0) is 23.0 Å². The molecule has 112 valence electrons. The number of aryl methyl sites for hydroxylation is 1. The number of primary sulfonamides is 1. The molecule has 0 aliphatic carbocycles. The molecule has 0 unspecified atom stereocenters. The minimum atomic E-state index is -3.76. The van der Waals surface area contributed by atoms with Gasteiger partial charge in [0.25, 0.3) is 0 Å². The van der Waals surface area contributed by atoms with E-state index >= 15 is 0 Å². The van der Waals surface area contributed by atoms with E-state index in [4.69, 9.17) is 10.9 Å². The van der Waals surface area contributed by atoms with Crippen molar-refractivity contribution in [3.8, 4) is 0 Å². The third-order valence-corrected chi connectivity index (χ3v) is 4.13. The number of benzene rings is 2. The van der Waals surface area contributed by atoms with Crippen LogP contribution in [0, 0.1) is 0 Å². The van der Waals surface area contributed by atoms with Gasteiger partial charge in [0.05, 0.1) is 4.90 Å². The quantitative estimate of drug-likeness (QED) is 0.737. The number of nitrogens with two attached hydrogens (primary N) is 2. The van der Waals surface area contributed by atoms with Gasteiger partial charge >= 0.3 is 0 Å². The molecule has 5 nitrogen and oxygen atoms in total. The molecule has 2 aromatic carbocycles. The maximum atomic E-state index is 11.4. The van der Waals surface area contributed by atoms with Crippen molar-refractivity contribution in [3.63, 3.8) is 0 Å². The lowest BCUT2D eigenvalue weighted by atomic mass is 10.1. The van der Waals surface area contributed by atoms with E-state index in [1.807, 2.05) is 18.2 Å². The number of nitrogens with one attached hydrogen (secondary N) is 1. The molecule has 0 amide bonds. The first kappa shape index (κ1) is 15.3. The maximum Gasteiger partial charge on any atom is 0.238 e. The van der Waals surface area contributed by atoms with E-state index < -0.39 is 10.0 Å². The number of hydrogen-bond acceptors (Lipinski definition) is 4. The molecule has 0 atom stereocenters. The molecule has 0 bridgehead atoms. The lowest BCUT2D eigenvalue weighted by molar-refractivity contribution is 0.598. The number of anilines is 2. The topological polar surface area (TPSA) is 98.2 Å². The standard InChI is InChI=1S/C15H19N3O2S/c1-2-11-5-3-4-6-12(11)10-18-14-7-13(16)8-15(9-14)21(17,19)20/h3-9,18H,2,10,16H2,1H3,(H2,17,19,20). The number of nitrogen functional groups attached to an aromatic ring is 1. The van der Waals surface area contributed by atoms with Gasteiger partial charge < -0.3 is 11.1 Å². The van der Waals surface area contributed by atoms with Gasteiger partial charge in [-0.25, -0.2) is 13.6 Å². The molecule has 0 spiro atoms. The molecule has 0 saturated carbocycles. The Kier molecular flexibility index (Phi) is 4.50. The Morgan fingerprint density at radius 2 is 1.76 bits per heavy atom. The van der Waals surface area contributed by atoms with Gasteiger partial charge in [-0.05, 0) is 35.7 Å². The Morgan fingerprint density at radius 3 is 2.38 bits per heavy atom. The minimum absolute atomic E-state index is 0.00813. The molecule has 2 aromatic rings. The monoisotopic (exact) mass is 305 g/mol. The molecule has 0 aliphatic rings. The van der Waals surface area contributed by atoms with Gasteiger partial charge in [0.1, 0.15) is 0 Å². The third kappa shape index (κ3) is 3.96. The highest BCUT2D eigenvalue weighted by atomic mass is 32.2. The fourth-order valence-corrected chi connectivity index (χ4v) is 2.75. The van der Waals surface area contributed by atoms with Crippen LogP contribution in [0.2, 0.25) is 0 Å². The molecule has 21 heavy (non-hydrogen) atoms. The number of sulfonamides is 1. The summed E-state index contributed by atoms with van der Waals surface area (Å²) in [5, 5.41) is 8.33. The summed E-state index contributed by atoms with van der Waals surface area (Å²) >= 11 is 0. The summed E-state index contributed by atoms with van der Waals surface area (Å²) in [6.07, 6.45) is 0.942. The third-order valence-electron chi connectivity index (χ3n) is 3.24. The second kappa shape index (κ2) is 6.15. The first-order valence-electron chi connectivity index (χ1n) is 6.64. The zero-order valence-corrected chi connectivity index (χ0v) is 12.7. The van der Waals surface area contributed by atoms with E-state index in [2.05, 4.69) is 18.3 Å². The van der Waals surface area contributed by atoms with Crippen molar-refractivity contribution in [2.45, 2.75) is 24.8 Å². The average molecular weight is 305 g/mol. The Hall–Kier alpha value is -2.05. The molecule has 0 fully saturated rings. The molecule has 0 heterocycles. The van der Waals surface area contributed by atoms with Crippen molar-refractivity contribution in [3.05, 3.63) is 53.6 Å². The van der Waals surface area contributed by atoms with Crippen molar-refractivity contribution in [1.82, 2.24) is 0 Å². The van der Waals surface area contributed by atoms with Gasteiger partial charge in [0, 0.05) is 17.9 Å². The summed E-state index contributed by atoms with van der Waals surface area (Å²) in [7, 11) is -3.76. The highest BCUT2D eigenvalue weighted by Crippen LogP contribution is 2.21. The van der Waals surface area contributed by atoms with E-state index in [0.29, 0.717) is 17.9 Å². The Bertz CT molecular complexity index is 742. The van der Waals surface area contributed by atoms with Gasteiger partial charge in [-0.15, -0.1) is 0 Å². The molecular formula is C15H19N3O2S. The van der Waals surface area contributed by atoms with E-state index in [1.165, 1.54) is 23.3 Å². The summed E-state index contributed by atoms with van der Waals surface area (Å²) in [6.45, 7) is 2.69. The summed E-state index contributed by atoms with van der Waals surface area (Å²) in [6, 6.07) is 12.6. The fourth-order valence-electron chi connectivity index (χ4n) is 2.16.